The van der Waals surface area contributed by atoms with Crippen molar-refractivity contribution < 1.29 is 14.7 Å². The maximum atomic E-state index is 11.1. The summed E-state index contributed by atoms with van der Waals surface area (Å²) in [5, 5.41) is 11.5. The molecule has 0 aromatic carbocycles. The number of carboxylic acids is 1. The number of aliphatic carboxylic acids is 1. The summed E-state index contributed by atoms with van der Waals surface area (Å²) < 4.78 is 0. The summed E-state index contributed by atoms with van der Waals surface area (Å²) in [6.07, 6.45) is 0.269. The summed E-state index contributed by atoms with van der Waals surface area (Å²) in [6.45, 7) is 11.3. The van der Waals surface area contributed by atoms with Gasteiger partial charge >= 0.3 is 5.97 Å². The summed E-state index contributed by atoms with van der Waals surface area (Å²) in [7, 11) is 0. The summed E-state index contributed by atoms with van der Waals surface area (Å²) in [5.41, 5.74) is 0.121. The van der Waals surface area contributed by atoms with E-state index in [1.807, 2.05) is 13.8 Å². The molecule has 0 aliphatic rings. The predicted molar refractivity (Wildman–Crippen MR) is 66.8 cm³/mol. The second kappa shape index (κ2) is 7.84. The number of amides is 1. The minimum Gasteiger partial charge on any atom is -0.478 e. The van der Waals surface area contributed by atoms with Gasteiger partial charge < -0.3 is 15.3 Å². The monoisotopic (exact) mass is 242 g/mol. The average Bonchev–Trinajstić information content (AvgIpc) is 2.24. The van der Waals surface area contributed by atoms with Crippen LogP contribution in [-0.2, 0) is 9.59 Å². The number of nitrogens with zero attached hydrogens (tertiary/aromatic N) is 1. The van der Waals surface area contributed by atoms with Crippen LogP contribution in [0.15, 0.2) is 12.2 Å². The standard InChI is InChI=1S/C12H22N2O3/c1-5-14(6-2)8-11(13-10(4)15)7-9(3)12(16)17/h11H,3,5-8H2,1-2,4H3,(H,13,15)(H,16,17). The summed E-state index contributed by atoms with van der Waals surface area (Å²) in [4.78, 5) is 23.9. The van der Waals surface area contributed by atoms with Crippen LogP contribution >= 0.6 is 0 Å². The first kappa shape index (κ1) is 15.6. The van der Waals surface area contributed by atoms with Crippen molar-refractivity contribution in [1.82, 2.24) is 10.2 Å². The Morgan fingerprint density at radius 3 is 2.24 bits per heavy atom. The van der Waals surface area contributed by atoms with Gasteiger partial charge in [0.05, 0.1) is 0 Å². The molecule has 98 valence electrons. The van der Waals surface area contributed by atoms with E-state index in [9.17, 15) is 9.59 Å². The molecule has 0 saturated heterocycles. The quantitative estimate of drug-likeness (QED) is 0.619. The SMILES string of the molecule is C=C(CC(CN(CC)CC)NC(C)=O)C(=O)O. The Morgan fingerprint density at radius 2 is 1.88 bits per heavy atom. The Balaban J connectivity index is 4.47. The number of nitrogens with one attached hydrogen (secondary N) is 1. The fourth-order valence-electron chi connectivity index (χ4n) is 1.63. The van der Waals surface area contributed by atoms with Gasteiger partial charge in [-0.1, -0.05) is 20.4 Å². The van der Waals surface area contributed by atoms with E-state index in [0.717, 1.165) is 13.1 Å². The predicted octanol–water partition coefficient (Wildman–Crippen LogP) is 0.864. The Hall–Kier alpha value is -1.36. The second-order valence-corrected chi connectivity index (χ2v) is 4.00. The summed E-state index contributed by atoms with van der Waals surface area (Å²) in [6, 6.07) is -0.198. The van der Waals surface area contributed by atoms with E-state index >= 15 is 0 Å². The van der Waals surface area contributed by atoms with Gasteiger partial charge in [-0.05, 0) is 13.1 Å². The molecule has 17 heavy (non-hydrogen) atoms. The summed E-state index contributed by atoms with van der Waals surface area (Å²) >= 11 is 0. The van der Waals surface area contributed by atoms with Crippen LogP contribution in [0, 0.1) is 0 Å². The van der Waals surface area contributed by atoms with E-state index < -0.39 is 5.97 Å². The maximum Gasteiger partial charge on any atom is 0.331 e. The molecule has 5 heteroatoms. The fraction of sp³-hybridized carbons (Fsp3) is 0.667. The minimum absolute atomic E-state index is 0.121. The molecule has 1 amide bonds. The van der Waals surface area contributed by atoms with Crippen molar-refractivity contribution in [2.24, 2.45) is 0 Å². The van der Waals surface area contributed by atoms with Crippen LogP contribution < -0.4 is 5.32 Å². The molecule has 0 bridgehead atoms. The van der Waals surface area contributed by atoms with Gasteiger partial charge in [-0.2, -0.15) is 0 Å². The normalized spacial score (nSPS) is 12.2. The molecule has 1 unspecified atom stereocenters. The minimum atomic E-state index is -1.01. The van der Waals surface area contributed by atoms with Crippen LogP contribution in [-0.4, -0.2) is 47.6 Å². The topological polar surface area (TPSA) is 69.6 Å². The van der Waals surface area contributed by atoms with Crippen molar-refractivity contribution in [2.75, 3.05) is 19.6 Å². The van der Waals surface area contributed by atoms with Crippen LogP contribution in [0.2, 0.25) is 0 Å². The lowest BCUT2D eigenvalue weighted by Crippen LogP contribution is -2.43. The molecule has 0 aromatic rings. The highest BCUT2D eigenvalue weighted by Crippen LogP contribution is 2.06. The molecule has 0 radical (unpaired) electrons. The zero-order chi connectivity index (χ0) is 13.4. The van der Waals surface area contributed by atoms with Crippen molar-refractivity contribution in [3.05, 3.63) is 12.2 Å². The number of carbonyl (C=O) groups excluding carboxylic acids is 1. The third-order valence-electron chi connectivity index (χ3n) is 2.58. The Morgan fingerprint density at radius 1 is 1.35 bits per heavy atom. The molecule has 0 aliphatic heterocycles. The molecular formula is C12H22N2O3. The third kappa shape index (κ3) is 6.73. The van der Waals surface area contributed by atoms with E-state index in [1.165, 1.54) is 6.92 Å². The van der Waals surface area contributed by atoms with Gasteiger partial charge in [-0.25, -0.2) is 4.79 Å². The smallest absolute Gasteiger partial charge is 0.331 e. The van der Waals surface area contributed by atoms with Crippen molar-refractivity contribution >= 4 is 11.9 Å². The molecule has 0 spiro atoms. The average molecular weight is 242 g/mol. The van der Waals surface area contributed by atoms with Gasteiger partial charge in [0.1, 0.15) is 0 Å². The van der Waals surface area contributed by atoms with Gasteiger partial charge in [0.2, 0.25) is 5.91 Å². The maximum absolute atomic E-state index is 11.1. The first-order chi connectivity index (χ1) is 7.90. The number of carboxylic acid groups (broad SMARTS) is 1. The van der Waals surface area contributed by atoms with Crippen molar-refractivity contribution in [2.45, 2.75) is 33.2 Å². The third-order valence-corrected chi connectivity index (χ3v) is 2.58. The lowest BCUT2D eigenvalue weighted by atomic mass is 10.1. The van der Waals surface area contributed by atoms with Crippen LogP contribution in [0.5, 0.6) is 0 Å². The van der Waals surface area contributed by atoms with Gasteiger partial charge in [-0.3, -0.25) is 4.79 Å². The van der Waals surface area contributed by atoms with E-state index in [2.05, 4.69) is 16.8 Å². The molecule has 2 N–H and O–H groups in total. The summed E-state index contributed by atoms with van der Waals surface area (Å²) in [5.74, 6) is -1.17. The molecule has 0 aromatic heterocycles. The molecule has 0 saturated carbocycles. The van der Waals surface area contributed by atoms with Crippen LogP contribution in [0.1, 0.15) is 27.2 Å². The van der Waals surface area contributed by atoms with Crippen molar-refractivity contribution in [3.8, 4) is 0 Å². The van der Waals surface area contributed by atoms with Gasteiger partial charge in [0, 0.05) is 31.5 Å². The number of hydrogen-bond acceptors (Lipinski definition) is 3. The highest BCUT2D eigenvalue weighted by molar-refractivity contribution is 5.86. The number of carbonyl (C=O) groups is 2. The largest absolute Gasteiger partial charge is 0.478 e. The zero-order valence-electron chi connectivity index (χ0n) is 10.8. The van der Waals surface area contributed by atoms with E-state index in [0.29, 0.717) is 6.54 Å². The Bertz CT molecular complexity index is 285. The zero-order valence-corrected chi connectivity index (χ0v) is 10.8. The molecule has 1 atom stereocenters. The van der Waals surface area contributed by atoms with Crippen LogP contribution in [0.4, 0.5) is 0 Å². The first-order valence-electron chi connectivity index (χ1n) is 5.81. The molecule has 0 aliphatic carbocycles. The van der Waals surface area contributed by atoms with Crippen molar-refractivity contribution in [1.29, 1.82) is 0 Å². The number of likely N-dealkylation sites (N-methyl/N-ethyl adjacent to an activating group) is 1. The Kier molecular flexibility index (Phi) is 7.21. The first-order valence-corrected chi connectivity index (χ1v) is 5.81. The van der Waals surface area contributed by atoms with Crippen molar-refractivity contribution in [3.63, 3.8) is 0 Å². The van der Waals surface area contributed by atoms with E-state index in [1.54, 1.807) is 0 Å². The lowest BCUT2D eigenvalue weighted by Gasteiger charge is -2.25. The number of hydrogen-bond donors (Lipinski definition) is 2. The highest BCUT2D eigenvalue weighted by Gasteiger charge is 2.17. The molecule has 0 rings (SSSR count). The molecule has 0 heterocycles. The van der Waals surface area contributed by atoms with E-state index in [-0.39, 0.29) is 23.9 Å². The van der Waals surface area contributed by atoms with Gasteiger partial charge in [0.15, 0.2) is 0 Å². The van der Waals surface area contributed by atoms with Gasteiger partial charge in [0.25, 0.3) is 0 Å². The lowest BCUT2D eigenvalue weighted by molar-refractivity contribution is -0.133. The van der Waals surface area contributed by atoms with Gasteiger partial charge in [-0.15, -0.1) is 0 Å². The number of rotatable bonds is 8. The Labute approximate surface area is 102 Å². The van der Waals surface area contributed by atoms with E-state index in [4.69, 9.17) is 5.11 Å². The molecular weight excluding hydrogens is 220 g/mol. The fourth-order valence-corrected chi connectivity index (χ4v) is 1.63. The molecule has 5 nitrogen and oxygen atoms in total. The molecule has 0 fully saturated rings. The second-order valence-electron chi connectivity index (χ2n) is 4.00. The van der Waals surface area contributed by atoms with Crippen LogP contribution in [0.3, 0.4) is 0 Å². The highest BCUT2D eigenvalue weighted by atomic mass is 16.4. The van der Waals surface area contributed by atoms with Crippen LogP contribution in [0.25, 0.3) is 0 Å².